The number of fused-ring (bicyclic) bond motifs is 7. The number of hydrogen-bond acceptors (Lipinski definition) is 2. The summed E-state index contributed by atoms with van der Waals surface area (Å²) >= 11 is 0. The van der Waals surface area contributed by atoms with Gasteiger partial charge in [0.15, 0.2) is 0 Å². The second-order valence-electron chi connectivity index (χ2n) is 14.5. The predicted molar refractivity (Wildman–Crippen MR) is 133 cm³/mol. The van der Waals surface area contributed by atoms with Gasteiger partial charge in [-0.1, -0.05) is 46.8 Å². The fourth-order valence-electron chi connectivity index (χ4n) is 11.3. The molecule has 5 saturated carbocycles. The minimum Gasteiger partial charge on any atom is -0.481 e. The number of aliphatic hydroxyl groups excluding tert-OH is 1. The summed E-state index contributed by atoms with van der Waals surface area (Å²) in [4.78, 5) is 12.8. The molecule has 33 heavy (non-hydrogen) atoms. The first kappa shape index (κ1) is 23.9. The summed E-state index contributed by atoms with van der Waals surface area (Å²) in [6.45, 7) is 18.9. The van der Waals surface area contributed by atoms with Crippen molar-refractivity contribution in [3.63, 3.8) is 0 Å². The number of hydrogen-bond donors (Lipinski definition) is 2. The quantitative estimate of drug-likeness (QED) is 0.436. The second kappa shape index (κ2) is 7.11. The number of carbonyl (C=O) groups is 1. The van der Waals surface area contributed by atoms with Crippen LogP contribution in [0.15, 0.2) is 12.2 Å². The van der Waals surface area contributed by atoms with Gasteiger partial charge in [0, 0.05) is 0 Å². The minimum absolute atomic E-state index is 0.00740. The molecule has 0 unspecified atom stereocenters. The van der Waals surface area contributed by atoms with E-state index in [-0.39, 0.29) is 33.7 Å². The predicted octanol–water partition coefficient (Wildman–Crippen LogP) is 7.09. The normalized spacial score (nSPS) is 55.0. The molecule has 5 aliphatic rings. The molecule has 0 heterocycles. The van der Waals surface area contributed by atoms with Crippen LogP contribution in [0.4, 0.5) is 0 Å². The Balaban J connectivity index is 1.57. The number of rotatable bonds is 2. The Bertz CT molecular complexity index is 861. The standard InChI is InChI=1S/C30H48O3/c1-18(2)19-10-15-30(25(32)33)17-16-28(6)22(24(19)30)11-13-27(5)21-8-9-23(31)26(3,4)20(21)12-14-29(27,28)7/h19-24,31H,1,8-17H2,2-7H3,(H,32,33)/t19-,20+,21-,22+,23+,24+,27-,28+,29+,30-/m0/s1. The van der Waals surface area contributed by atoms with E-state index in [0.717, 1.165) is 44.9 Å². The Morgan fingerprint density at radius 2 is 1.42 bits per heavy atom. The van der Waals surface area contributed by atoms with Gasteiger partial charge in [0.05, 0.1) is 11.5 Å². The fourth-order valence-corrected chi connectivity index (χ4v) is 11.3. The van der Waals surface area contributed by atoms with Crippen LogP contribution < -0.4 is 0 Å². The molecule has 0 saturated heterocycles. The van der Waals surface area contributed by atoms with E-state index in [1.807, 2.05) is 0 Å². The van der Waals surface area contributed by atoms with Crippen LogP contribution in [0, 0.1) is 56.7 Å². The maximum Gasteiger partial charge on any atom is 0.309 e. The van der Waals surface area contributed by atoms with E-state index in [9.17, 15) is 15.0 Å². The van der Waals surface area contributed by atoms with Crippen molar-refractivity contribution in [3.05, 3.63) is 12.2 Å². The third-order valence-electron chi connectivity index (χ3n) is 13.7. The zero-order chi connectivity index (χ0) is 24.2. The molecule has 0 aromatic carbocycles. The van der Waals surface area contributed by atoms with Gasteiger partial charge < -0.3 is 10.2 Å². The summed E-state index contributed by atoms with van der Waals surface area (Å²) in [5.74, 6) is 1.80. The summed E-state index contributed by atoms with van der Waals surface area (Å²) < 4.78 is 0. The van der Waals surface area contributed by atoms with Crippen molar-refractivity contribution in [2.75, 3.05) is 0 Å². The zero-order valence-corrected chi connectivity index (χ0v) is 22.0. The fraction of sp³-hybridized carbons (Fsp3) is 0.900. The molecule has 0 aromatic heterocycles. The van der Waals surface area contributed by atoms with Crippen LogP contribution in [0.25, 0.3) is 0 Å². The van der Waals surface area contributed by atoms with E-state index >= 15 is 0 Å². The molecular weight excluding hydrogens is 408 g/mol. The largest absolute Gasteiger partial charge is 0.481 e. The van der Waals surface area contributed by atoms with Gasteiger partial charge in [0.2, 0.25) is 0 Å². The molecule has 0 radical (unpaired) electrons. The number of aliphatic hydroxyl groups is 1. The van der Waals surface area contributed by atoms with E-state index in [0.29, 0.717) is 23.7 Å². The highest BCUT2D eigenvalue weighted by molar-refractivity contribution is 5.76. The topological polar surface area (TPSA) is 57.5 Å². The van der Waals surface area contributed by atoms with E-state index < -0.39 is 11.4 Å². The second-order valence-corrected chi connectivity index (χ2v) is 14.5. The SMILES string of the molecule is C=C(C)[C@@H]1CC[C@]2(C(=O)O)CC[C@]3(C)[C@H](CC[C@@]4(C)[C@H]5CC[C@@H](O)C(C)(C)[C@@H]5CC[C@]43C)[C@@H]12. The molecule has 0 aliphatic heterocycles. The van der Waals surface area contributed by atoms with Crippen LogP contribution in [0.1, 0.15) is 106 Å². The van der Waals surface area contributed by atoms with Crippen molar-refractivity contribution in [3.8, 4) is 0 Å². The Morgan fingerprint density at radius 3 is 2.06 bits per heavy atom. The average molecular weight is 457 g/mol. The van der Waals surface area contributed by atoms with Gasteiger partial charge in [0.25, 0.3) is 0 Å². The van der Waals surface area contributed by atoms with Crippen molar-refractivity contribution < 1.29 is 15.0 Å². The lowest BCUT2D eigenvalue weighted by Crippen LogP contribution is -2.68. The van der Waals surface area contributed by atoms with Crippen LogP contribution in [-0.4, -0.2) is 22.3 Å². The number of carboxylic acids is 1. The number of carboxylic acid groups (broad SMARTS) is 1. The van der Waals surface area contributed by atoms with Crippen molar-refractivity contribution in [1.29, 1.82) is 0 Å². The molecule has 0 spiro atoms. The van der Waals surface area contributed by atoms with E-state index in [1.165, 1.54) is 24.8 Å². The highest BCUT2D eigenvalue weighted by Gasteiger charge is 2.73. The third kappa shape index (κ3) is 2.70. The van der Waals surface area contributed by atoms with Crippen LogP contribution in [0.5, 0.6) is 0 Å². The average Bonchev–Trinajstić information content (AvgIpc) is 3.13. The summed E-state index contributed by atoms with van der Waals surface area (Å²) in [5, 5.41) is 21.4. The lowest BCUT2D eigenvalue weighted by Gasteiger charge is -2.74. The Kier molecular flexibility index (Phi) is 5.15. The maximum atomic E-state index is 12.8. The minimum atomic E-state index is -0.538. The zero-order valence-electron chi connectivity index (χ0n) is 22.0. The summed E-state index contributed by atoms with van der Waals surface area (Å²) in [6, 6.07) is 0. The molecule has 3 heteroatoms. The monoisotopic (exact) mass is 456 g/mol. The molecule has 186 valence electrons. The van der Waals surface area contributed by atoms with Gasteiger partial charge in [0.1, 0.15) is 0 Å². The van der Waals surface area contributed by atoms with Crippen LogP contribution >= 0.6 is 0 Å². The van der Waals surface area contributed by atoms with Crippen molar-refractivity contribution in [2.45, 2.75) is 112 Å². The summed E-state index contributed by atoms with van der Waals surface area (Å²) in [5.41, 5.74) is 1.32. The lowest BCUT2D eigenvalue weighted by molar-refractivity contribution is -0.259. The van der Waals surface area contributed by atoms with Gasteiger partial charge in [-0.15, -0.1) is 0 Å². The van der Waals surface area contributed by atoms with Crippen LogP contribution in [-0.2, 0) is 4.79 Å². The van der Waals surface area contributed by atoms with Gasteiger partial charge in [-0.05, 0) is 122 Å². The van der Waals surface area contributed by atoms with E-state index in [1.54, 1.807) is 0 Å². The molecule has 10 atom stereocenters. The Morgan fingerprint density at radius 1 is 0.788 bits per heavy atom. The Hall–Kier alpha value is -0.830. The number of aliphatic carboxylic acids is 1. The molecule has 0 bridgehead atoms. The molecular formula is C30H48O3. The Labute approximate surface area is 201 Å². The molecule has 5 aliphatic carbocycles. The van der Waals surface area contributed by atoms with E-state index in [4.69, 9.17) is 0 Å². The van der Waals surface area contributed by atoms with Gasteiger partial charge >= 0.3 is 5.97 Å². The molecule has 0 aromatic rings. The number of allylic oxidation sites excluding steroid dienone is 1. The summed E-state index contributed by atoms with van der Waals surface area (Å²) in [7, 11) is 0. The molecule has 0 amide bonds. The highest BCUT2D eigenvalue weighted by Crippen LogP contribution is 2.78. The molecule has 3 nitrogen and oxygen atoms in total. The first-order valence-electron chi connectivity index (χ1n) is 13.8. The van der Waals surface area contributed by atoms with Gasteiger partial charge in [-0.25, -0.2) is 0 Å². The molecule has 5 rings (SSSR count). The first-order chi connectivity index (χ1) is 15.3. The summed E-state index contributed by atoms with van der Waals surface area (Å²) in [6.07, 6.45) is 10.4. The van der Waals surface area contributed by atoms with Crippen molar-refractivity contribution in [1.82, 2.24) is 0 Å². The highest BCUT2D eigenvalue weighted by atomic mass is 16.4. The maximum absolute atomic E-state index is 12.8. The van der Waals surface area contributed by atoms with Crippen molar-refractivity contribution >= 4 is 5.97 Å². The first-order valence-corrected chi connectivity index (χ1v) is 13.8. The van der Waals surface area contributed by atoms with Gasteiger partial charge in [-0.3, -0.25) is 4.79 Å². The smallest absolute Gasteiger partial charge is 0.309 e. The van der Waals surface area contributed by atoms with Crippen LogP contribution in [0.3, 0.4) is 0 Å². The van der Waals surface area contributed by atoms with Gasteiger partial charge in [-0.2, -0.15) is 0 Å². The van der Waals surface area contributed by atoms with E-state index in [2.05, 4.69) is 48.1 Å². The molecule has 5 fully saturated rings. The molecule has 2 N–H and O–H groups in total. The third-order valence-corrected chi connectivity index (χ3v) is 13.7. The van der Waals surface area contributed by atoms with Crippen LogP contribution in [0.2, 0.25) is 0 Å². The lowest BCUT2D eigenvalue weighted by atomic mass is 9.31. The van der Waals surface area contributed by atoms with Crippen molar-refractivity contribution in [2.24, 2.45) is 56.7 Å².